The number of carbonyl (C=O) groups excluding carboxylic acids is 4. The van der Waals surface area contributed by atoms with Gasteiger partial charge in [0.1, 0.15) is 5.75 Å². The van der Waals surface area contributed by atoms with Crippen LogP contribution in [-0.2, 0) is 14.3 Å². The summed E-state index contributed by atoms with van der Waals surface area (Å²) in [6, 6.07) is 22.4. The number of benzene rings is 4. The molecule has 0 spiro atoms. The number of rotatable bonds is 7. The van der Waals surface area contributed by atoms with Crippen LogP contribution >= 0.6 is 0 Å². The second-order valence-corrected chi connectivity index (χ2v) is 9.88. The topological polar surface area (TPSA) is 128 Å². The van der Waals surface area contributed by atoms with Crippen molar-refractivity contribution in [3.63, 3.8) is 0 Å². The number of hydrogen-bond donors (Lipinski definition) is 1. The van der Waals surface area contributed by atoms with Crippen LogP contribution < -0.4 is 15.0 Å². The summed E-state index contributed by atoms with van der Waals surface area (Å²) in [5.41, 5.74) is 2.27. The molecule has 0 saturated heterocycles. The lowest BCUT2D eigenvalue weighted by molar-refractivity contribution is -0.274. The molecule has 1 N–H and O–H groups in total. The van der Waals surface area contributed by atoms with E-state index in [2.05, 4.69) is 15.2 Å². The lowest BCUT2D eigenvalue weighted by Crippen LogP contribution is -2.29. The number of imide groups is 1. The van der Waals surface area contributed by atoms with Gasteiger partial charge in [-0.15, -0.1) is 13.2 Å². The molecular formula is C32H20F3N3O7. The minimum absolute atomic E-state index is 0.00156. The monoisotopic (exact) mass is 615 g/mol. The number of nitrogens with zero attached hydrogens (tertiary/aromatic N) is 2. The smallest absolute Gasteiger partial charge is 0.447 e. The van der Waals surface area contributed by atoms with Crippen LogP contribution in [-0.4, -0.2) is 35.2 Å². The van der Waals surface area contributed by atoms with Crippen LogP contribution in [0.4, 0.5) is 24.7 Å². The summed E-state index contributed by atoms with van der Waals surface area (Å²) in [4.78, 5) is 52.1. The molecule has 226 valence electrons. The van der Waals surface area contributed by atoms with E-state index in [4.69, 9.17) is 9.26 Å². The molecule has 1 unspecified atom stereocenters. The maximum Gasteiger partial charge on any atom is 0.573 e. The number of halogens is 3. The zero-order valence-electron chi connectivity index (χ0n) is 23.1. The van der Waals surface area contributed by atoms with Gasteiger partial charge in [-0.3, -0.25) is 19.2 Å². The Morgan fingerprint density at radius 1 is 0.867 bits per heavy atom. The number of amides is 3. The minimum Gasteiger partial charge on any atom is -0.447 e. The molecule has 5 aromatic rings. The summed E-state index contributed by atoms with van der Waals surface area (Å²) in [7, 11) is 0. The fraction of sp³-hybridized carbons (Fsp3) is 0.0938. The summed E-state index contributed by atoms with van der Waals surface area (Å²) < 4.78 is 52.2. The Hall–Kier alpha value is -5.98. The fourth-order valence-corrected chi connectivity index (χ4v) is 4.92. The standard InChI is InChI=1S/C32H20F3N3O7/c1-17(39)43-27(20-6-4-5-19(15-20)18-9-12-22(13-10-18)44-32(33,34)35)29(40)36-21-11-14-25-26(16-21)45-37-28(25)38-30(41)23-7-2-3-8-24(23)31(38)42/h2-16,27H,1H3,(H,36,40). The van der Waals surface area contributed by atoms with Gasteiger partial charge >= 0.3 is 12.3 Å². The van der Waals surface area contributed by atoms with Gasteiger partial charge in [0.05, 0.1) is 16.5 Å². The van der Waals surface area contributed by atoms with Crippen LogP contribution in [0, 0.1) is 0 Å². The van der Waals surface area contributed by atoms with E-state index < -0.39 is 36.2 Å². The molecule has 0 saturated carbocycles. The molecule has 1 aromatic heterocycles. The van der Waals surface area contributed by atoms with Crippen molar-refractivity contribution in [2.45, 2.75) is 19.4 Å². The highest BCUT2D eigenvalue weighted by Gasteiger charge is 2.39. The normalized spacial score (nSPS) is 13.5. The molecule has 6 rings (SSSR count). The molecule has 0 radical (unpaired) electrons. The van der Waals surface area contributed by atoms with Gasteiger partial charge in [-0.1, -0.05) is 47.6 Å². The molecule has 1 aliphatic rings. The first-order chi connectivity index (χ1) is 21.5. The largest absolute Gasteiger partial charge is 0.573 e. The van der Waals surface area contributed by atoms with Crippen molar-refractivity contribution in [1.82, 2.24) is 5.16 Å². The van der Waals surface area contributed by atoms with E-state index in [1.807, 2.05) is 0 Å². The molecule has 1 aliphatic heterocycles. The Morgan fingerprint density at radius 2 is 1.56 bits per heavy atom. The van der Waals surface area contributed by atoms with Crippen LogP contribution in [0.2, 0.25) is 0 Å². The quantitative estimate of drug-likeness (QED) is 0.164. The average Bonchev–Trinajstić information content (AvgIpc) is 3.52. The maximum atomic E-state index is 13.4. The van der Waals surface area contributed by atoms with Gasteiger partial charge in [0.15, 0.2) is 11.4 Å². The van der Waals surface area contributed by atoms with Gasteiger partial charge in [-0.25, -0.2) is 4.90 Å². The van der Waals surface area contributed by atoms with Crippen molar-refractivity contribution >= 4 is 46.2 Å². The van der Waals surface area contributed by atoms with Crippen molar-refractivity contribution in [1.29, 1.82) is 0 Å². The molecule has 3 amide bonds. The number of esters is 1. The number of fused-ring (bicyclic) bond motifs is 2. The zero-order chi connectivity index (χ0) is 31.9. The van der Waals surface area contributed by atoms with E-state index >= 15 is 0 Å². The molecule has 2 heterocycles. The van der Waals surface area contributed by atoms with Crippen LogP contribution in [0.1, 0.15) is 39.3 Å². The summed E-state index contributed by atoms with van der Waals surface area (Å²) >= 11 is 0. The SMILES string of the molecule is CC(=O)OC(C(=O)Nc1ccc2c(N3C(=O)c4ccccc4C3=O)noc2c1)c1cccc(-c2ccc(OC(F)(F)F)cc2)c1. The molecule has 4 aromatic carbocycles. The minimum atomic E-state index is -4.83. The summed E-state index contributed by atoms with van der Waals surface area (Å²) in [5.74, 6) is -2.91. The molecular weight excluding hydrogens is 595 g/mol. The van der Waals surface area contributed by atoms with Crippen LogP contribution in [0.25, 0.3) is 22.1 Å². The second kappa shape index (κ2) is 11.3. The average molecular weight is 616 g/mol. The number of aromatic nitrogens is 1. The third-order valence-electron chi connectivity index (χ3n) is 6.86. The predicted octanol–water partition coefficient (Wildman–Crippen LogP) is 6.44. The van der Waals surface area contributed by atoms with E-state index in [-0.39, 0.29) is 34.0 Å². The van der Waals surface area contributed by atoms with E-state index in [9.17, 15) is 32.3 Å². The molecule has 0 fully saturated rings. The van der Waals surface area contributed by atoms with E-state index in [1.54, 1.807) is 48.5 Å². The number of ether oxygens (including phenoxy) is 2. The number of hydrogen-bond acceptors (Lipinski definition) is 8. The van der Waals surface area contributed by atoms with Gasteiger partial charge in [0.25, 0.3) is 17.7 Å². The van der Waals surface area contributed by atoms with Crippen LogP contribution in [0.3, 0.4) is 0 Å². The van der Waals surface area contributed by atoms with E-state index in [0.29, 0.717) is 22.1 Å². The van der Waals surface area contributed by atoms with E-state index in [1.165, 1.54) is 30.3 Å². The van der Waals surface area contributed by atoms with Gasteiger partial charge in [-0.2, -0.15) is 0 Å². The first-order valence-corrected chi connectivity index (χ1v) is 13.3. The summed E-state index contributed by atoms with van der Waals surface area (Å²) in [6.07, 6.45) is -6.22. The third-order valence-corrected chi connectivity index (χ3v) is 6.86. The number of anilines is 2. The van der Waals surface area contributed by atoms with Crippen LogP contribution in [0.5, 0.6) is 5.75 Å². The molecule has 13 heteroatoms. The molecule has 10 nitrogen and oxygen atoms in total. The Balaban J connectivity index is 1.23. The highest BCUT2D eigenvalue weighted by atomic mass is 19.4. The molecule has 0 aliphatic carbocycles. The van der Waals surface area contributed by atoms with Gasteiger partial charge in [0.2, 0.25) is 6.10 Å². The van der Waals surface area contributed by atoms with Crippen molar-refractivity contribution in [2.75, 3.05) is 10.2 Å². The highest BCUT2D eigenvalue weighted by molar-refractivity contribution is 6.35. The Bertz CT molecular complexity index is 1950. The summed E-state index contributed by atoms with van der Waals surface area (Å²) in [6.45, 7) is 1.14. The van der Waals surface area contributed by atoms with Gasteiger partial charge < -0.3 is 19.3 Å². The Morgan fingerprint density at radius 3 is 2.20 bits per heavy atom. The predicted molar refractivity (Wildman–Crippen MR) is 153 cm³/mol. The maximum absolute atomic E-state index is 13.4. The number of alkyl halides is 3. The molecule has 0 bridgehead atoms. The first kappa shape index (κ1) is 29.1. The first-order valence-electron chi connectivity index (χ1n) is 13.3. The third kappa shape index (κ3) is 5.83. The Labute approximate surface area is 251 Å². The second-order valence-electron chi connectivity index (χ2n) is 9.88. The number of nitrogens with one attached hydrogen (secondary N) is 1. The number of carbonyl (C=O) groups is 4. The summed E-state index contributed by atoms with van der Waals surface area (Å²) in [5, 5.41) is 6.94. The van der Waals surface area contributed by atoms with Crippen molar-refractivity contribution < 1.29 is 46.3 Å². The lowest BCUT2D eigenvalue weighted by Gasteiger charge is -2.18. The van der Waals surface area contributed by atoms with Gasteiger partial charge in [0, 0.05) is 24.2 Å². The van der Waals surface area contributed by atoms with Crippen LogP contribution in [0.15, 0.2) is 95.5 Å². The zero-order valence-corrected chi connectivity index (χ0v) is 23.1. The van der Waals surface area contributed by atoms with Gasteiger partial charge in [-0.05, 0) is 53.6 Å². The highest BCUT2D eigenvalue weighted by Crippen LogP contribution is 2.35. The fourth-order valence-electron chi connectivity index (χ4n) is 4.92. The Kier molecular flexibility index (Phi) is 7.28. The molecule has 1 atom stereocenters. The lowest BCUT2D eigenvalue weighted by atomic mass is 10.00. The van der Waals surface area contributed by atoms with Crippen molar-refractivity contribution in [3.8, 4) is 16.9 Å². The molecule has 45 heavy (non-hydrogen) atoms. The van der Waals surface area contributed by atoms with E-state index in [0.717, 1.165) is 24.0 Å². The van der Waals surface area contributed by atoms with Crippen molar-refractivity contribution in [3.05, 3.63) is 108 Å². The van der Waals surface area contributed by atoms with Crippen molar-refractivity contribution in [2.24, 2.45) is 0 Å².